The van der Waals surface area contributed by atoms with Crippen molar-refractivity contribution in [2.24, 2.45) is 0 Å². The Morgan fingerprint density at radius 1 is 1.57 bits per heavy atom. The summed E-state index contributed by atoms with van der Waals surface area (Å²) in [5.41, 5.74) is 0.353. The van der Waals surface area contributed by atoms with Crippen molar-refractivity contribution in [1.82, 2.24) is 4.98 Å². The van der Waals surface area contributed by atoms with Gasteiger partial charge in [0.2, 0.25) is 0 Å². The van der Waals surface area contributed by atoms with Crippen molar-refractivity contribution in [3.63, 3.8) is 0 Å². The van der Waals surface area contributed by atoms with E-state index in [1.54, 1.807) is 32.3 Å². The molecule has 14 heavy (non-hydrogen) atoms. The lowest BCUT2D eigenvalue weighted by Crippen LogP contribution is -2.26. The van der Waals surface area contributed by atoms with Crippen LogP contribution in [0.2, 0.25) is 5.02 Å². The molecule has 75 valence electrons. The second-order valence-corrected chi connectivity index (χ2v) is 4.07. The number of rotatable bonds is 4. The van der Waals surface area contributed by atoms with Crippen molar-refractivity contribution >= 4 is 18.1 Å². The van der Waals surface area contributed by atoms with Gasteiger partial charge in [-0.3, -0.25) is 4.98 Å². The first-order valence-corrected chi connectivity index (χ1v) is 4.56. The highest BCUT2D eigenvalue weighted by Gasteiger charge is 2.20. The number of hydrogen-bond acceptors (Lipinski definition) is 3. The summed E-state index contributed by atoms with van der Waals surface area (Å²) < 4.78 is 4.80. The Kier molecular flexibility index (Phi) is 3.47. The van der Waals surface area contributed by atoms with Crippen LogP contribution in [-0.4, -0.2) is 17.1 Å². The summed E-state index contributed by atoms with van der Waals surface area (Å²) in [6.45, 7) is 5.05. The second-order valence-electron chi connectivity index (χ2n) is 3.63. The fourth-order valence-electron chi connectivity index (χ4n) is 1.19. The molecule has 0 saturated heterocycles. The van der Waals surface area contributed by atoms with Crippen LogP contribution >= 0.6 is 11.6 Å². The van der Waals surface area contributed by atoms with E-state index in [0.717, 1.165) is 5.56 Å². The monoisotopic (exact) mass is 212 g/mol. The molecule has 0 unspecified atom stereocenters. The van der Waals surface area contributed by atoms with Gasteiger partial charge in [-0.25, -0.2) is 4.79 Å². The Hall–Kier alpha value is -1.09. The zero-order valence-corrected chi connectivity index (χ0v) is 8.84. The average molecular weight is 213 g/mol. The normalized spacial score (nSPS) is 11.1. The minimum Gasteiger partial charge on any atom is -0.451 e. The highest BCUT2D eigenvalue weighted by Crippen LogP contribution is 2.17. The number of pyridine rings is 1. The van der Waals surface area contributed by atoms with Crippen molar-refractivity contribution in [3.05, 3.63) is 29.0 Å². The molecule has 4 heteroatoms. The highest BCUT2D eigenvalue weighted by atomic mass is 35.5. The zero-order chi connectivity index (χ0) is 10.6. The number of ether oxygens (including phenoxy) is 1. The van der Waals surface area contributed by atoms with Gasteiger partial charge in [0.15, 0.2) is 0 Å². The second kappa shape index (κ2) is 4.42. The van der Waals surface area contributed by atoms with E-state index in [4.69, 9.17) is 16.3 Å². The highest BCUT2D eigenvalue weighted by molar-refractivity contribution is 6.30. The van der Waals surface area contributed by atoms with Crippen molar-refractivity contribution in [2.45, 2.75) is 25.9 Å². The van der Waals surface area contributed by atoms with E-state index in [-0.39, 0.29) is 0 Å². The summed E-state index contributed by atoms with van der Waals surface area (Å²) >= 11 is 5.77. The van der Waals surface area contributed by atoms with Crippen molar-refractivity contribution < 1.29 is 9.53 Å². The average Bonchev–Trinajstić information content (AvgIpc) is 2.02. The number of halogens is 1. The Morgan fingerprint density at radius 2 is 2.29 bits per heavy atom. The van der Waals surface area contributed by atoms with E-state index in [1.807, 2.05) is 0 Å². The predicted molar refractivity (Wildman–Crippen MR) is 53.8 cm³/mol. The van der Waals surface area contributed by atoms with Gasteiger partial charge in [-0.2, -0.15) is 0 Å². The number of nitrogens with zero attached hydrogens (tertiary/aromatic N) is 1. The lowest BCUT2D eigenvalue weighted by Gasteiger charge is -2.21. The molecule has 1 rings (SSSR count). The van der Waals surface area contributed by atoms with Gasteiger partial charge in [0.1, 0.15) is 5.60 Å². The molecule has 0 aliphatic heterocycles. The molecule has 1 aromatic heterocycles. The van der Waals surface area contributed by atoms with Crippen LogP contribution in [0.4, 0.5) is 0 Å². The Balaban J connectivity index is 2.72. The third-order valence-corrected chi connectivity index (χ3v) is 1.92. The fourth-order valence-corrected chi connectivity index (χ4v) is 1.39. The molecule has 0 amide bonds. The van der Waals surface area contributed by atoms with Crippen LogP contribution in [0.1, 0.15) is 19.4 Å². The number of hydrogen-bond donors (Lipinski definition) is 0. The molecule has 1 radical (unpaired) electrons. The number of aromatic nitrogens is 1. The Bertz CT molecular complexity index is 326. The van der Waals surface area contributed by atoms with E-state index in [0.29, 0.717) is 11.4 Å². The smallest absolute Gasteiger partial charge is 0.418 e. The van der Waals surface area contributed by atoms with Crippen LogP contribution in [0.15, 0.2) is 18.5 Å². The molecule has 0 aromatic carbocycles. The molecule has 0 aliphatic carbocycles. The summed E-state index contributed by atoms with van der Waals surface area (Å²) in [4.78, 5) is 14.0. The largest absolute Gasteiger partial charge is 0.451 e. The molecule has 0 bridgehead atoms. The summed E-state index contributed by atoms with van der Waals surface area (Å²) in [6.07, 6.45) is 3.82. The van der Waals surface area contributed by atoms with Gasteiger partial charge in [0, 0.05) is 18.8 Å². The van der Waals surface area contributed by atoms with Gasteiger partial charge in [0.25, 0.3) is 0 Å². The van der Waals surface area contributed by atoms with Crippen LogP contribution < -0.4 is 0 Å². The van der Waals surface area contributed by atoms with Crippen LogP contribution in [0.5, 0.6) is 0 Å². The summed E-state index contributed by atoms with van der Waals surface area (Å²) in [6, 6.07) is 1.80. The minimum absolute atomic E-state index is 0.565. The predicted octanol–water partition coefficient (Wildman–Crippen LogP) is 2.14. The molecule has 1 heterocycles. The van der Waals surface area contributed by atoms with Crippen molar-refractivity contribution in [2.75, 3.05) is 0 Å². The minimum atomic E-state index is -0.575. The standard InChI is InChI=1S/C10H11ClNO2/c1-10(2,14-7-13)4-8-3-9(11)6-12-5-8/h3,5-6H,4H2,1-2H3. The van der Waals surface area contributed by atoms with Crippen LogP contribution in [0.25, 0.3) is 0 Å². The van der Waals surface area contributed by atoms with Crippen LogP contribution in [0, 0.1) is 0 Å². The summed E-state index contributed by atoms with van der Waals surface area (Å²) in [7, 11) is 0. The molecule has 1 aromatic rings. The molecule has 0 atom stereocenters. The molecule has 0 spiro atoms. The van der Waals surface area contributed by atoms with Gasteiger partial charge in [-0.1, -0.05) is 11.6 Å². The SMILES string of the molecule is CC(C)(Cc1cncc(Cl)c1)O[C]=O. The van der Waals surface area contributed by atoms with E-state index in [1.165, 1.54) is 6.47 Å². The zero-order valence-electron chi connectivity index (χ0n) is 8.08. The van der Waals surface area contributed by atoms with E-state index < -0.39 is 5.60 Å². The summed E-state index contributed by atoms with van der Waals surface area (Å²) in [5, 5.41) is 0.577. The molecule has 3 nitrogen and oxygen atoms in total. The topological polar surface area (TPSA) is 39.2 Å². The third-order valence-electron chi connectivity index (χ3n) is 1.71. The molecular formula is C10H11ClNO2. The first-order chi connectivity index (χ1) is 6.53. The maximum Gasteiger partial charge on any atom is 0.418 e. The quantitative estimate of drug-likeness (QED) is 0.768. The Labute approximate surface area is 88.1 Å². The lowest BCUT2D eigenvalue weighted by molar-refractivity contribution is 0.0897. The van der Waals surface area contributed by atoms with Gasteiger partial charge in [0.05, 0.1) is 5.02 Å². The lowest BCUT2D eigenvalue weighted by atomic mass is 10.00. The van der Waals surface area contributed by atoms with Gasteiger partial charge in [-0.05, 0) is 25.5 Å². The molecule has 0 aliphatic rings. The fraction of sp³-hybridized carbons (Fsp3) is 0.400. The first-order valence-electron chi connectivity index (χ1n) is 4.18. The maximum atomic E-state index is 10.1. The number of carbonyl (C=O) groups excluding carboxylic acids is 1. The van der Waals surface area contributed by atoms with Gasteiger partial charge >= 0.3 is 6.47 Å². The van der Waals surface area contributed by atoms with E-state index >= 15 is 0 Å². The van der Waals surface area contributed by atoms with Crippen LogP contribution in [-0.2, 0) is 16.0 Å². The van der Waals surface area contributed by atoms with E-state index in [2.05, 4.69) is 4.98 Å². The van der Waals surface area contributed by atoms with E-state index in [9.17, 15) is 4.79 Å². The molecular weight excluding hydrogens is 202 g/mol. The van der Waals surface area contributed by atoms with Crippen molar-refractivity contribution in [1.29, 1.82) is 0 Å². The maximum absolute atomic E-state index is 10.1. The molecule has 0 N–H and O–H groups in total. The molecule has 0 saturated carbocycles. The summed E-state index contributed by atoms with van der Waals surface area (Å²) in [5.74, 6) is 0. The van der Waals surface area contributed by atoms with Crippen LogP contribution in [0.3, 0.4) is 0 Å². The Morgan fingerprint density at radius 3 is 2.86 bits per heavy atom. The first kappa shape index (κ1) is 11.0. The van der Waals surface area contributed by atoms with Gasteiger partial charge in [-0.15, -0.1) is 0 Å². The van der Waals surface area contributed by atoms with Gasteiger partial charge < -0.3 is 4.74 Å². The van der Waals surface area contributed by atoms with Crippen molar-refractivity contribution in [3.8, 4) is 0 Å². The third kappa shape index (κ3) is 3.34. The molecule has 0 fully saturated rings.